The lowest BCUT2D eigenvalue weighted by Crippen LogP contribution is -2.36. The zero-order chi connectivity index (χ0) is 23.6. The van der Waals surface area contributed by atoms with Crippen molar-refractivity contribution >= 4 is 5.97 Å². The number of nitrogens with zero attached hydrogens (tertiary/aromatic N) is 1. The van der Waals surface area contributed by atoms with E-state index in [0.717, 1.165) is 23.5 Å². The van der Waals surface area contributed by atoms with Gasteiger partial charge >= 0.3 is 5.97 Å². The van der Waals surface area contributed by atoms with E-state index in [1.54, 1.807) is 12.2 Å². The first kappa shape index (κ1) is 31.0. The van der Waals surface area contributed by atoms with E-state index in [0.29, 0.717) is 0 Å². The first-order chi connectivity index (χ1) is 14.8. The molecule has 0 aromatic carbocycles. The minimum Gasteiger partial charge on any atom is -0.478 e. The third-order valence-electron chi connectivity index (χ3n) is 4.12. The Labute approximate surface area is 191 Å². The Morgan fingerprint density at radius 2 is 1.16 bits per heavy atom. The summed E-state index contributed by atoms with van der Waals surface area (Å²) in [5.74, 6) is -0.936. The van der Waals surface area contributed by atoms with Crippen molar-refractivity contribution in [3.8, 4) is 0 Å². The number of carbonyl (C=O) groups is 1. The molecule has 2 N–H and O–H groups in total. The second kappa shape index (κ2) is 24.1. The van der Waals surface area contributed by atoms with Gasteiger partial charge in [0.15, 0.2) is 0 Å². The lowest BCUT2D eigenvalue weighted by molar-refractivity contribution is -0.870. The fourth-order valence-electron chi connectivity index (χ4n) is 2.35. The van der Waals surface area contributed by atoms with Gasteiger partial charge in [0, 0.05) is 6.08 Å². The number of unbranched alkanes of at least 4 members (excludes halogenated alkanes) is 7. The van der Waals surface area contributed by atoms with Crippen LogP contribution in [0.1, 0.15) is 58.3 Å². The molecule has 0 unspecified atom stereocenters. The molecule has 0 radical (unpaired) electrons. The van der Waals surface area contributed by atoms with Gasteiger partial charge < -0.3 is 14.7 Å². The number of allylic oxidation sites excluding steroid dienone is 11. The average molecular weight is 433 g/mol. The van der Waals surface area contributed by atoms with E-state index in [-0.39, 0.29) is 6.61 Å². The molecule has 0 aromatic rings. The predicted molar refractivity (Wildman–Crippen MR) is 135 cm³/mol. The van der Waals surface area contributed by atoms with Gasteiger partial charge in [0.05, 0.1) is 27.7 Å². The van der Waals surface area contributed by atoms with Gasteiger partial charge in [0.25, 0.3) is 0 Å². The Morgan fingerprint density at radius 1 is 0.710 bits per heavy atom. The van der Waals surface area contributed by atoms with Crippen molar-refractivity contribution < 1.29 is 19.5 Å². The number of aliphatic hydroxyl groups excluding tert-OH is 1. The first-order valence-corrected chi connectivity index (χ1v) is 11.5. The zero-order valence-electron chi connectivity index (χ0n) is 20.2. The van der Waals surface area contributed by atoms with Gasteiger partial charge in [-0.3, -0.25) is 0 Å². The molecule has 0 amide bonds. The van der Waals surface area contributed by atoms with E-state index in [1.807, 2.05) is 36.5 Å². The van der Waals surface area contributed by atoms with E-state index < -0.39 is 5.97 Å². The summed E-state index contributed by atoms with van der Waals surface area (Å²) in [4.78, 5) is 10.2. The van der Waals surface area contributed by atoms with Crippen molar-refractivity contribution in [1.82, 2.24) is 0 Å². The van der Waals surface area contributed by atoms with E-state index >= 15 is 0 Å². The maximum Gasteiger partial charge on any atom is 0.328 e. The van der Waals surface area contributed by atoms with Gasteiger partial charge in [-0.05, 0) is 12.8 Å². The van der Waals surface area contributed by atoms with Crippen LogP contribution in [0.25, 0.3) is 0 Å². The summed E-state index contributed by atoms with van der Waals surface area (Å²) < 4.78 is 0.844. The normalized spacial score (nSPS) is 12.8. The molecule has 0 rings (SSSR count). The highest BCUT2D eigenvalue weighted by Gasteiger charge is 2.02. The third kappa shape index (κ3) is 35.6. The van der Waals surface area contributed by atoms with Crippen LogP contribution in [0.4, 0.5) is 0 Å². The number of carboxylic acids is 1. The minimum atomic E-state index is -0.936. The van der Waals surface area contributed by atoms with Gasteiger partial charge in [-0.2, -0.15) is 0 Å². The summed E-state index contributed by atoms with van der Waals surface area (Å²) in [6, 6.07) is 0. The molecule has 176 valence electrons. The van der Waals surface area contributed by atoms with Crippen molar-refractivity contribution in [2.24, 2.45) is 0 Å². The molecule has 0 saturated carbocycles. The second-order valence-corrected chi connectivity index (χ2v) is 8.31. The minimum absolute atomic E-state index is 0.281. The van der Waals surface area contributed by atoms with Crippen LogP contribution in [0.15, 0.2) is 72.9 Å². The topological polar surface area (TPSA) is 57.5 Å². The molecule has 0 saturated heterocycles. The number of rotatable bonds is 16. The van der Waals surface area contributed by atoms with E-state index in [1.165, 1.54) is 51.0 Å². The number of hydrogen-bond acceptors (Lipinski definition) is 2. The molecular weight excluding hydrogens is 386 g/mol. The first-order valence-electron chi connectivity index (χ1n) is 11.5. The smallest absolute Gasteiger partial charge is 0.328 e. The van der Waals surface area contributed by atoms with Crippen molar-refractivity contribution in [3.05, 3.63) is 72.9 Å². The Kier molecular flexibility index (Phi) is 24.1. The summed E-state index contributed by atoms with van der Waals surface area (Å²) in [6.07, 6.45) is 32.7. The quantitative estimate of drug-likeness (QED) is 0.131. The number of aliphatic carboxylic acids is 1. The molecule has 0 bridgehead atoms. The Morgan fingerprint density at radius 3 is 1.58 bits per heavy atom. The van der Waals surface area contributed by atoms with Crippen LogP contribution < -0.4 is 0 Å². The van der Waals surface area contributed by atoms with Crippen molar-refractivity contribution in [3.63, 3.8) is 0 Å². The summed E-state index contributed by atoms with van der Waals surface area (Å²) in [5, 5.41) is 16.8. The van der Waals surface area contributed by atoms with Crippen LogP contribution in [0.2, 0.25) is 0 Å². The number of carboxylic acid groups (broad SMARTS) is 1. The SMILES string of the molecule is CCCCCCCCCC=CC=CC=CC=CC=CC=CC(=O)O.C[N+](C)(C)CCO. The highest BCUT2D eigenvalue weighted by Crippen LogP contribution is 2.08. The van der Waals surface area contributed by atoms with Gasteiger partial charge in [-0.25, -0.2) is 4.79 Å². The second-order valence-electron chi connectivity index (χ2n) is 8.31. The Hall–Kier alpha value is -2.17. The van der Waals surface area contributed by atoms with Gasteiger partial charge in [-0.1, -0.05) is 112 Å². The van der Waals surface area contributed by atoms with Crippen LogP contribution in [-0.4, -0.2) is 55.0 Å². The molecule has 0 heterocycles. The Balaban J connectivity index is 0. The molecule has 0 spiro atoms. The van der Waals surface area contributed by atoms with Crippen LogP contribution in [0, 0.1) is 0 Å². The summed E-state index contributed by atoms with van der Waals surface area (Å²) >= 11 is 0. The largest absolute Gasteiger partial charge is 0.478 e. The molecule has 31 heavy (non-hydrogen) atoms. The number of aliphatic hydroxyl groups is 1. The summed E-state index contributed by atoms with van der Waals surface area (Å²) in [7, 11) is 6.16. The molecule has 0 atom stereocenters. The molecular formula is C27H46NO3+. The monoisotopic (exact) mass is 432 g/mol. The van der Waals surface area contributed by atoms with Crippen molar-refractivity contribution in [2.45, 2.75) is 58.3 Å². The predicted octanol–water partition coefficient (Wildman–Crippen LogP) is 6.23. The zero-order valence-corrected chi connectivity index (χ0v) is 20.2. The van der Waals surface area contributed by atoms with E-state index in [2.05, 4.69) is 40.2 Å². The number of hydrogen-bond donors (Lipinski definition) is 2. The van der Waals surface area contributed by atoms with E-state index in [4.69, 9.17) is 10.2 Å². The molecule has 0 aliphatic heterocycles. The standard InChI is InChI=1S/C22H32O2.C5H14NO/c1-2-3-4-5-6-7-8-9-10-11-12-13-14-15-16-17-18-19-20-21-22(23)24;1-6(2,3)4-5-7/h10-21H,2-9H2,1H3,(H,23,24);7H,4-5H2,1-3H3/q;+1. The summed E-state index contributed by atoms with van der Waals surface area (Å²) in [6.45, 7) is 3.37. The molecule has 4 nitrogen and oxygen atoms in total. The molecule has 0 aliphatic carbocycles. The third-order valence-corrected chi connectivity index (χ3v) is 4.12. The Bertz CT molecular complexity index is 576. The lowest BCUT2D eigenvalue weighted by atomic mass is 10.1. The number of quaternary nitrogens is 1. The molecule has 0 fully saturated rings. The van der Waals surface area contributed by atoms with Gasteiger partial charge in [-0.15, -0.1) is 0 Å². The number of likely N-dealkylation sites (N-methyl/N-ethyl adjacent to an activating group) is 1. The van der Waals surface area contributed by atoms with Gasteiger partial charge in [0.1, 0.15) is 6.54 Å². The average Bonchev–Trinajstić information content (AvgIpc) is 2.69. The summed E-state index contributed by atoms with van der Waals surface area (Å²) in [5.41, 5.74) is 0. The fraction of sp³-hybridized carbons (Fsp3) is 0.519. The van der Waals surface area contributed by atoms with Crippen LogP contribution in [0.3, 0.4) is 0 Å². The van der Waals surface area contributed by atoms with Crippen molar-refractivity contribution in [1.29, 1.82) is 0 Å². The maximum atomic E-state index is 10.2. The van der Waals surface area contributed by atoms with Crippen LogP contribution >= 0.6 is 0 Å². The fourth-order valence-corrected chi connectivity index (χ4v) is 2.35. The lowest BCUT2D eigenvalue weighted by Gasteiger charge is -2.21. The van der Waals surface area contributed by atoms with Crippen LogP contribution in [-0.2, 0) is 4.79 Å². The maximum absolute atomic E-state index is 10.2. The highest BCUT2D eigenvalue weighted by molar-refractivity contribution is 5.80. The molecule has 0 aromatic heterocycles. The van der Waals surface area contributed by atoms with Crippen LogP contribution in [0.5, 0.6) is 0 Å². The highest BCUT2D eigenvalue weighted by atomic mass is 16.4. The van der Waals surface area contributed by atoms with Gasteiger partial charge in [0.2, 0.25) is 0 Å². The molecule has 4 heteroatoms. The van der Waals surface area contributed by atoms with E-state index in [9.17, 15) is 4.79 Å². The molecule has 0 aliphatic rings. The van der Waals surface area contributed by atoms with Crippen molar-refractivity contribution in [2.75, 3.05) is 34.3 Å².